The van der Waals surface area contributed by atoms with E-state index in [1.807, 2.05) is 12.1 Å². The van der Waals surface area contributed by atoms with Gasteiger partial charge in [0, 0.05) is 31.9 Å². The van der Waals surface area contributed by atoms with Crippen LogP contribution in [0.15, 0.2) is 24.3 Å². The van der Waals surface area contributed by atoms with Crippen LogP contribution >= 0.6 is 0 Å². The van der Waals surface area contributed by atoms with Crippen molar-refractivity contribution in [2.24, 2.45) is 0 Å². The number of anilines is 1. The third-order valence-corrected chi connectivity index (χ3v) is 2.59. The summed E-state index contributed by atoms with van der Waals surface area (Å²) in [5.74, 6) is -1.12. The van der Waals surface area contributed by atoms with Crippen molar-refractivity contribution in [3.05, 3.63) is 29.8 Å². The molecule has 1 aliphatic heterocycles. The summed E-state index contributed by atoms with van der Waals surface area (Å²) in [7, 11) is 0. The Labute approximate surface area is 122 Å². The summed E-state index contributed by atoms with van der Waals surface area (Å²) >= 11 is 0. The minimum Gasteiger partial charge on any atom is -0.545 e. The van der Waals surface area contributed by atoms with Crippen LogP contribution in [0.3, 0.4) is 0 Å². The number of carboxylic acids is 1. The maximum Gasteiger partial charge on any atom is 1.00 e. The summed E-state index contributed by atoms with van der Waals surface area (Å²) in [4.78, 5) is 12.8. The van der Waals surface area contributed by atoms with Crippen molar-refractivity contribution in [3.63, 3.8) is 0 Å². The van der Waals surface area contributed by atoms with Gasteiger partial charge in [0.1, 0.15) is 0 Å². The molecule has 1 saturated heterocycles. The Hall–Kier alpha value is -0.590. The first kappa shape index (κ1) is 16.4. The molecule has 17 heavy (non-hydrogen) atoms. The molecule has 3 N–H and O–H groups in total. The van der Waals surface area contributed by atoms with Gasteiger partial charge in [0.15, 0.2) is 0 Å². The molecule has 0 amide bonds. The molecule has 1 aliphatic rings. The van der Waals surface area contributed by atoms with Crippen LogP contribution in [0.5, 0.6) is 0 Å². The van der Waals surface area contributed by atoms with Crippen LogP contribution in [0.2, 0.25) is 0 Å². The van der Waals surface area contributed by atoms with Gasteiger partial charge >= 0.3 is 29.6 Å². The Balaban J connectivity index is 0.00000128. The molecule has 6 heteroatoms. The molecule has 0 unspecified atom stereocenters. The predicted octanol–water partition coefficient (Wildman–Crippen LogP) is -4.36. The molecule has 0 spiro atoms. The van der Waals surface area contributed by atoms with E-state index in [9.17, 15) is 9.90 Å². The van der Waals surface area contributed by atoms with E-state index in [2.05, 4.69) is 10.2 Å². The predicted molar refractivity (Wildman–Crippen MR) is 59.5 cm³/mol. The van der Waals surface area contributed by atoms with Crippen LogP contribution in [-0.4, -0.2) is 37.6 Å². The Morgan fingerprint density at radius 2 is 1.71 bits per heavy atom. The van der Waals surface area contributed by atoms with Crippen LogP contribution in [-0.2, 0) is 0 Å². The van der Waals surface area contributed by atoms with Crippen molar-refractivity contribution in [1.82, 2.24) is 5.32 Å². The van der Waals surface area contributed by atoms with Gasteiger partial charge in [0.25, 0.3) is 0 Å². The average Bonchev–Trinajstić information content (AvgIpc) is 2.30. The largest absolute Gasteiger partial charge is 1.00 e. The Morgan fingerprint density at radius 3 is 2.18 bits per heavy atom. The normalized spacial score (nSPS) is 14.5. The molecule has 0 radical (unpaired) electrons. The number of hydrogen-bond donors (Lipinski definition) is 1. The number of rotatable bonds is 2. The van der Waals surface area contributed by atoms with Gasteiger partial charge in [0.05, 0.1) is 5.97 Å². The molecular weight excluding hydrogens is 231 g/mol. The Morgan fingerprint density at radius 1 is 1.18 bits per heavy atom. The fraction of sp³-hybridized carbons (Fsp3) is 0.364. The monoisotopic (exact) mass is 246 g/mol. The summed E-state index contributed by atoms with van der Waals surface area (Å²) in [5.41, 5.74) is 1.30. The van der Waals surface area contributed by atoms with E-state index in [1.165, 1.54) is 0 Å². The first-order chi connectivity index (χ1) is 7.27. The number of carbonyl (C=O) groups is 1. The third-order valence-electron chi connectivity index (χ3n) is 2.59. The van der Waals surface area contributed by atoms with Crippen molar-refractivity contribution in [2.45, 2.75) is 0 Å². The van der Waals surface area contributed by atoms with Crippen molar-refractivity contribution in [3.8, 4) is 0 Å². The molecule has 0 aliphatic carbocycles. The number of hydrogen-bond acceptors (Lipinski definition) is 4. The molecule has 1 heterocycles. The second-order valence-corrected chi connectivity index (χ2v) is 3.57. The van der Waals surface area contributed by atoms with E-state index in [1.54, 1.807) is 12.1 Å². The van der Waals surface area contributed by atoms with E-state index in [4.69, 9.17) is 0 Å². The Bertz CT molecular complexity index is 350. The van der Waals surface area contributed by atoms with Crippen molar-refractivity contribution >= 4 is 11.7 Å². The number of aromatic carboxylic acids is 1. The molecular formula is C11H15N2NaO3. The molecule has 1 aromatic rings. The summed E-state index contributed by atoms with van der Waals surface area (Å²) in [6, 6.07) is 6.84. The summed E-state index contributed by atoms with van der Waals surface area (Å²) < 4.78 is 0. The van der Waals surface area contributed by atoms with Gasteiger partial charge < -0.3 is 25.6 Å². The second-order valence-electron chi connectivity index (χ2n) is 3.57. The van der Waals surface area contributed by atoms with Gasteiger partial charge in [-0.1, -0.05) is 12.1 Å². The summed E-state index contributed by atoms with van der Waals surface area (Å²) in [6.07, 6.45) is 0. The number of benzene rings is 1. The van der Waals surface area contributed by atoms with Gasteiger partial charge in [-0.15, -0.1) is 0 Å². The number of nitrogens with one attached hydrogen (secondary N) is 1. The molecule has 0 bridgehead atoms. The minimum atomic E-state index is -1.12. The smallest absolute Gasteiger partial charge is 0.545 e. The summed E-state index contributed by atoms with van der Waals surface area (Å²) in [5, 5.41) is 13.8. The number of piperazine rings is 1. The summed E-state index contributed by atoms with van der Waals surface area (Å²) in [6.45, 7) is 3.87. The van der Waals surface area contributed by atoms with E-state index >= 15 is 0 Å². The van der Waals surface area contributed by atoms with Gasteiger partial charge in [0.2, 0.25) is 0 Å². The molecule has 1 aromatic carbocycles. The van der Waals surface area contributed by atoms with E-state index in [0.29, 0.717) is 0 Å². The SMILES string of the molecule is O.O=C([O-])c1ccc(N2CCNCC2)cc1.[Na+]. The van der Waals surface area contributed by atoms with Crippen LogP contribution in [0.1, 0.15) is 10.4 Å². The number of nitrogens with zero attached hydrogens (tertiary/aromatic N) is 1. The van der Waals surface area contributed by atoms with Gasteiger partial charge in [-0.05, 0) is 17.7 Å². The molecule has 88 valence electrons. The van der Waals surface area contributed by atoms with Crippen LogP contribution in [0, 0.1) is 0 Å². The van der Waals surface area contributed by atoms with Crippen LogP contribution < -0.4 is 44.9 Å². The molecule has 5 nitrogen and oxygen atoms in total. The molecule has 2 rings (SSSR count). The maximum atomic E-state index is 10.6. The van der Waals surface area contributed by atoms with Gasteiger partial charge in [-0.2, -0.15) is 0 Å². The van der Waals surface area contributed by atoms with Crippen LogP contribution in [0.25, 0.3) is 0 Å². The second kappa shape index (κ2) is 7.68. The molecule has 0 aromatic heterocycles. The number of carboxylic acid groups (broad SMARTS) is 1. The van der Waals surface area contributed by atoms with Gasteiger partial charge in [-0.3, -0.25) is 0 Å². The first-order valence-electron chi connectivity index (χ1n) is 5.04. The third kappa shape index (κ3) is 4.29. The van der Waals surface area contributed by atoms with E-state index in [0.717, 1.165) is 31.9 Å². The zero-order valence-corrected chi connectivity index (χ0v) is 11.9. The van der Waals surface area contributed by atoms with E-state index < -0.39 is 5.97 Å². The molecule has 0 saturated carbocycles. The minimum absolute atomic E-state index is 0. The van der Waals surface area contributed by atoms with Crippen molar-refractivity contribution < 1.29 is 44.9 Å². The molecule has 0 atom stereocenters. The Kier molecular flexibility index (Phi) is 7.41. The topological polar surface area (TPSA) is 86.9 Å². The zero-order chi connectivity index (χ0) is 10.7. The van der Waals surface area contributed by atoms with Crippen molar-refractivity contribution in [1.29, 1.82) is 0 Å². The fourth-order valence-corrected chi connectivity index (χ4v) is 1.73. The fourth-order valence-electron chi connectivity index (χ4n) is 1.73. The maximum absolute atomic E-state index is 10.6. The molecule has 1 fully saturated rings. The zero-order valence-electron chi connectivity index (χ0n) is 9.90. The van der Waals surface area contributed by atoms with Crippen LogP contribution in [0.4, 0.5) is 5.69 Å². The van der Waals surface area contributed by atoms with Crippen molar-refractivity contribution in [2.75, 3.05) is 31.1 Å². The number of carbonyl (C=O) groups excluding carboxylic acids is 1. The first-order valence-corrected chi connectivity index (χ1v) is 5.04. The standard InChI is InChI=1S/C11H14N2O2.Na.H2O/c14-11(15)9-1-3-10(4-2-9)13-7-5-12-6-8-13;;/h1-4,12H,5-8H2,(H,14,15);;1H2/q;+1;/p-1. The van der Waals surface area contributed by atoms with Gasteiger partial charge in [-0.25, -0.2) is 0 Å². The quantitative estimate of drug-likeness (QED) is 0.534. The van der Waals surface area contributed by atoms with E-state index in [-0.39, 0.29) is 40.6 Å². The average molecular weight is 246 g/mol.